The van der Waals surface area contributed by atoms with Gasteiger partial charge in [0.2, 0.25) is 0 Å². The van der Waals surface area contributed by atoms with E-state index in [1.165, 1.54) is 0 Å². The van der Waals surface area contributed by atoms with E-state index in [4.69, 9.17) is 9.26 Å². The molecular formula is C39H57N3O7. The van der Waals surface area contributed by atoms with Crippen LogP contribution in [-0.2, 0) is 19.1 Å². The minimum absolute atomic E-state index is 0.00671. The van der Waals surface area contributed by atoms with Crippen molar-refractivity contribution < 1.29 is 33.5 Å². The maximum Gasteiger partial charge on any atom is 0.315 e. The van der Waals surface area contributed by atoms with Gasteiger partial charge in [0.25, 0.3) is 0 Å². The summed E-state index contributed by atoms with van der Waals surface area (Å²) in [5, 5.41) is 16.7. The van der Waals surface area contributed by atoms with Crippen LogP contribution in [0.1, 0.15) is 143 Å². The molecule has 49 heavy (non-hydrogen) atoms. The van der Waals surface area contributed by atoms with Crippen LogP contribution < -0.4 is 5.32 Å². The molecule has 4 unspecified atom stereocenters. The van der Waals surface area contributed by atoms with E-state index in [1.807, 2.05) is 0 Å². The first kappa shape index (κ1) is 35.8. The molecule has 4 fully saturated rings. The molecule has 0 spiro atoms. The number of aryl methyl sites for hydroxylation is 1. The molecule has 5 aliphatic carbocycles. The van der Waals surface area contributed by atoms with E-state index in [0.717, 1.165) is 56.1 Å². The number of rotatable bonds is 7. The standard InChI is InChI=1S/C39H57N3O7/c1-21(2)29-24(43)19-39(41-31(45)32-40-22(3)42-49-32)18-17-37(9)23(30(29)39)11-12-26-36(8)15-14-27(48-28(44)20-34(4,5)33(46)47)35(6,7)25(36)13-16-38(26,37)10/h21,23,25-27H,11-20H2,1-10H3,(H,41,45)(H,46,47)/t23?,25?,26?,27-,36-,37+,38?,39+/m0/s1. The number of fused-ring (bicyclic) bond motifs is 7. The van der Waals surface area contributed by atoms with Gasteiger partial charge in [0.05, 0.1) is 17.4 Å². The molecule has 0 saturated heterocycles. The Morgan fingerprint density at radius 2 is 1.67 bits per heavy atom. The van der Waals surface area contributed by atoms with Crippen LogP contribution in [0.4, 0.5) is 0 Å². The number of nitrogens with one attached hydrogen (secondary N) is 1. The number of carboxylic acids is 1. The number of aliphatic carboxylic acids is 1. The summed E-state index contributed by atoms with van der Waals surface area (Å²) < 4.78 is 11.4. The first-order chi connectivity index (χ1) is 22.6. The van der Waals surface area contributed by atoms with Crippen molar-refractivity contribution in [3.63, 3.8) is 0 Å². The molecule has 10 nitrogen and oxygen atoms in total. The lowest BCUT2D eigenvalue weighted by atomic mass is 9.33. The van der Waals surface area contributed by atoms with Crippen LogP contribution in [0.5, 0.6) is 0 Å². The van der Waals surface area contributed by atoms with Crippen LogP contribution in [0.3, 0.4) is 0 Å². The van der Waals surface area contributed by atoms with Crippen molar-refractivity contribution in [3.05, 3.63) is 22.9 Å². The van der Waals surface area contributed by atoms with Gasteiger partial charge in [-0.1, -0.05) is 53.6 Å². The molecule has 1 heterocycles. The fourth-order valence-corrected chi connectivity index (χ4v) is 12.2. The Labute approximate surface area is 291 Å². The average Bonchev–Trinajstić information content (AvgIpc) is 3.55. The van der Waals surface area contributed by atoms with E-state index in [-0.39, 0.29) is 64.1 Å². The van der Waals surface area contributed by atoms with Gasteiger partial charge in [-0.15, -0.1) is 0 Å². The topological polar surface area (TPSA) is 149 Å². The van der Waals surface area contributed by atoms with E-state index in [0.29, 0.717) is 24.1 Å². The summed E-state index contributed by atoms with van der Waals surface area (Å²) in [4.78, 5) is 56.3. The summed E-state index contributed by atoms with van der Waals surface area (Å²) in [5.41, 5.74) is -0.169. The summed E-state index contributed by atoms with van der Waals surface area (Å²) in [6, 6.07) is 0. The SMILES string of the molecule is Cc1noc(C(=O)N[C@@]23CC[C@]4(C)C(CCC5C4(C)CCC4C(C)(C)[C@@H](OC(=O)CC(C)(C)C(=O)O)CC[C@@]45C)C2=C(C(C)C)C(=O)C3)n1. The highest BCUT2D eigenvalue weighted by atomic mass is 16.5. The first-order valence-corrected chi connectivity index (χ1v) is 18.5. The van der Waals surface area contributed by atoms with Crippen LogP contribution in [0.2, 0.25) is 0 Å². The first-order valence-electron chi connectivity index (χ1n) is 18.5. The fraction of sp³-hybridized carbons (Fsp3) is 0.795. The molecule has 0 bridgehead atoms. The summed E-state index contributed by atoms with van der Waals surface area (Å²) in [7, 11) is 0. The zero-order chi connectivity index (χ0) is 36.1. The third-order valence-electron chi connectivity index (χ3n) is 14.9. The maximum absolute atomic E-state index is 13.9. The number of ether oxygens (including phenoxy) is 1. The van der Waals surface area contributed by atoms with Crippen molar-refractivity contribution >= 4 is 23.6 Å². The third kappa shape index (κ3) is 5.23. The van der Waals surface area contributed by atoms with E-state index in [2.05, 4.69) is 63.9 Å². The Hall–Kier alpha value is -3.04. The van der Waals surface area contributed by atoms with Gasteiger partial charge in [-0.25, -0.2) is 0 Å². The van der Waals surface area contributed by atoms with Crippen molar-refractivity contribution in [3.8, 4) is 0 Å². The molecule has 4 saturated carbocycles. The van der Waals surface area contributed by atoms with Gasteiger partial charge in [0.1, 0.15) is 6.10 Å². The molecule has 10 heteroatoms. The number of carbonyl (C=O) groups is 4. The van der Waals surface area contributed by atoms with Gasteiger partial charge in [0.15, 0.2) is 11.6 Å². The molecule has 1 aromatic rings. The highest BCUT2D eigenvalue weighted by Gasteiger charge is 2.70. The van der Waals surface area contributed by atoms with Crippen molar-refractivity contribution in [2.75, 3.05) is 0 Å². The molecule has 0 aromatic carbocycles. The van der Waals surface area contributed by atoms with Crippen LogP contribution in [0.25, 0.3) is 0 Å². The lowest BCUT2D eigenvalue weighted by Crippen LogP contribution is -2.67. The van der Waals surface area contributed by atoms with Crippen LogP contribution in [-0.4, -0.2) is 50.5 Å². The minimum atomic E-state index is -1.17. The summed E-state index contributed by atoms with van der Waals surface area (Å²) in [6.45, 7) is 21.0. The second-order valence-electron chi connectivity index (χ2n) is 18.6. The van der Waals surface area contributed by atoms with Crippen molar-refractivity contribution in [2.45, 2.75) is 145 Å². The molecule has 0 radical (unpaired) electrons. The molecule has 5 aliphatic rings. The van der Waals surface area contributed by atoms with Crippen LogP contribution >= 0.6 is 0 Å². The molecular weight excluding hydrogens is 622 g/mol. The van der Waals surface area contributed by atoms with E-state index < -0.39 is 28.8 Å². The van der Waals surface area contributed by atoms with Gasteiger partial charge in [-0.2, -0.15) is 4.98 Å². The number of Topliss-reactive ketones (excluding diaryl/α,β-unsaturated/α-hetero) is 1. The zero-order valence-electron chi connectivity index (χ0n) is 31.2. The van der Waals surface area contributed by atoms with Crippen LogP contribution in [0.15, 0.2) is 15.7 Å². The fourth-order valence-electron chi connectivity index (χ4n) is 12.2. The number of carbonyl (C=O) groups excluding carboxylic acids is 3. The Morgan fingerprint density at radius 3 is 2.29 bits per heavy atom. The summed E-state index contributed by atoms with van der Waals surface area (Å²) >= 11 is 0. The van der Waals surface area contributed by atoms with Crippen molar-refractivity contribution in [1.82, 2.24) is 15.5 Å². The van der Waals surface area contributed by atoms with E-state index in [1.54, 1.807) is 20.8 Å². The highest BCUT2D eigenvalue weighted by Crippen LogP contribution is 2.76. The van der Waals surface area contributed by atoms with Crippen molar-refractivity contribution in [2.24, 2.45) is 50.7 Å². The zero-order valence-corrected chi connectivity index (χ0v) is 31.2. The molecule has 270 valence electrons. The number of amides is 1. The monoisotopic (exact) mass is 679 g/mol. The largest absolute Gasteiger partial charge is 0.481 e. The lowest BCUT2D eigenvalue weighted by molar-refractivity contribution is -0.232. The number of hydrogen-bond donors (Lipinski definition) is 2. The van der Waals surface area contributed by atoms with E-state index >= 15 is 0 Å². The normalized spacial score (nSPS) is 38.3. The summed E-state index contributed by atoms with van der Waals surface area (Å²) in [6.07, 6.45) is 7.21. The van der Waals surface area contributed by atoms with Crippen molar-refractivity contribution in [1.29, 1.82) is 0 Å². The Bertz CT molecular complexity index is 1610. The number of allylic oxidation sites excluding steroid dienone is 1. The Morgan fingerprint density at radius 1 is 0.980 bits per heavy atom. The van der Waals surface area contributed by atoms with Gasteiger partial charge in [0, 0.05) is 11.8 Å². The summed E-state index contributed by atoms with van der Waals surface area (Å²) in [5.74, 6) is -0.380. The predicted octanol–water partition coefficient (Wildman–Crippen LogP) is 7.25. The molecule has 2 N–H and O–H groups in total. The number of carboxylic acid groups (broad SMARTS) is 1. The molecule has 1 aromatic heterocycles. The average molecular weight is 680 g/mol. The lowest BCUT2D eigenvalue weighted by Gasteiger charge is -2.72. The maximum atomic E-state index is 13.9. The van der Waals surface area contributed by atoms with Gasteiger partial charge in [-0.3, -0.25) is 19.2 Å². The number of aromatic nitrogens is 2. The molecule has 0 aliphatic heterocycles. The van der Waals surface area contributed by atoms with Gasteiger partial charge >= 0.3 is 23.7 Å². The molecule has 6 rings (SSSR count). The Balaban J connectivity index is 1.30. The smallest absolute Gasteiger partial charge is 0.315 e. The second kappa shape index (κ2) is 11.5. The second-order valence-corrected chi connectivity index (χ2v) is 18.6. The molecule has 8 atom stereocenters. The number of ketones is 1. The highest BCUT2D eigenvalue weighted by molar-refractivity contribution is 6.03. The minimum Gasteiger partial charge on any atom is -0.481 e. The van der Waals surface area contributed by atoms with Gasteiger partial charge in [-0.05, 0) is 123 Å². The van der Waals surface area contributed by atoms with Crippen LogP contribution in [0, 0.1) is 57.7 Å². The number of hydrogen-bond acceptors (Lipinski definition) is 8. The number of esters is 1. The molecule has 1 amide bonds. The van der Waals surface area contributed by atoms with Gasteiger partial charge < -0.3 is 19.7 Å². The number of nitrogens with zero attached hydrogens (tertiary/aromatic N) is 2. The Kier molecular flexibility index (Phi) is 8.39. The quantitative estimate of drug-likeness (QED) is 0.284. The third-order valence-corrected chi connectivity index (χ3v) is 14.9. The predicted molar refractivity (Wildman–Crippen MR) is 182 cm³/mol. The van der Waals surface area contributed by atoms with E-state index in [9.17, 15) is 24.3 Å².